The van der Waals surface area contributed by atoms with Gasteiger partial charge in [-0.25, -0.2) is 0 Å². The van der Waals surface area contributed by atoms with Gasteiger partial charge in [0.1, 0.15) is 0 Å². The van der Waals surface area contributed by atoms with Crippen molar-refractivity contribution in [3.63, 3.8) is 0 Å². The second kappa shape index (κ2) is 9.04. The molecule has 0 amide bonds. The van der Waals surface area contributed by atoms with Crippen LogP contribution in [-0.2, 0) is 10.1 Å². The zero-order chi connectivity index (χ0) is 12.6. The van der Waals surface area contributed by atoms with Crippen LogP contribution in [-0.4, -0.2) is 20.8 Å². The summed E-state index contributed by atoms with van der Waals surface area (Å²) >= 11 is 3.98. The third-order valence-corrected chi connectivity index (χ3v) is 10.6. The number of hydrogen-bond donors (Lipinski definition) is 3. The summed E-state index contributed by atoms with van der Waals surface area (Å²) < 4.78 is 0. The van der Waals surface area contributed by atoms with Crippen LogP contribution in [0.15, 0.2) is 0 Å². The van der Waals surface area contributed by atoms with Crippen molar-refractivity contribution in [2.24, 2.45) is 0 Å². The molecule has 0 radical (unpaired) electrons. The standard InChI is InChI=1S/C11H27O2PS2/c1-4-5-6-7-8-9-10-16(11(2)3)14(12,13)15/h11-13,15H,4-10H2,1-3H3. The highest BCUT2D eigenvalue weighted by Crippen LogP contribution is 2.48. The van der Waals surface area contributed by atoms with E-state index in [0.29, 0.717) is 5.25 Å². The summed E-state index contributed by atoms with van der Waals surface area (Å²) in [5, 5.41) is 0.330. The average Bonchev–Trinajstić information content (AvgIpc) is 2.13. The first kappa shape index (κ1) is 17.1. The van der Waals surface area contributed by atoms with Crippen molar-refractivity contribution in [3.05, 3.63) is 0 Å². The van der Waals surface area contributed by atoms with E-state index >= 15 is 0 Å². The molecule has 1 unspecified atom stereocenters. The van der Waals surface area contributed by atoms with E-state index in [4.69, 9.17) is 0 Å². The van der Waals surface area contributed by atoms with Crippen molar-refractivity contribution < 1.29 is 9.79 Å². The normalized spacial score (nSPS) is 14.4. The van der Waals surface area contributed by atoms with Crippen LogP contribution in [0.25, 0.3) is 0 Å². The number of hydrogen-bond acceptors (Lipinski definition) is 0. The minimum Gasteiger partial charge on any atom is -0.341 e. The second-order valence-corrected chi connectivity index (χ2v) is 13.0. The third-order valence-electron chi connectivity index (χ3n) is 2.57. The molecule has 0 aromatic rings. The molecule has 0 aromatic carbocycles. The Hall–Kier alpha value is 1.05. The fourth-order valence-corrected chi connectivity index (χ4v) is 8.70. The maximum absolute atomic E-state index is 9.63. The summed E-state index contributed by atoms with van der Waals surface area (Å²) in [4.78, 5) is 19.3. The molecule has 16 heavy (non-hydrogen) atoms. The van der Waals surface area contributed by atoms with E-state index in [2.05, 4.69) is 33.0 Å². The molecule has 0 bridgehead atoms. The van der Waals surface area contributed by atoms with Gasteiger partial charge in [0.15, 0.2) is 5.69 Å². The maximum atomic E-state index is 9.63. The van der Waals surface area contributed by atoms with Crippen molar-refractivity contribution >= 4 is 28.0 Å². The predicted molar refractivity (Wildman–Crippen MR) is 81.1 cm³/mol. The fraction of sp³-hybridized carbons (Fsp3) is 1.00. The molecule has 0 heterocycles. The molecule has 5 heteroatoms. The molecule has 0 saturated carbocycles. The Balaban J connectivity index is 3.90. The fourth-order valence-electron chi connectivity index (χ4n) is 1.67. The molecule has 0 aliphatic heterocycles. The van der Waals surface area contributed by atoms with Crippen molar-refractivity contribution in [1.29, 1.82) is 0 Å². The lowest BCUT2D eigenvalue weighted by Gasteiger charge is -2.19. The van der Waals surface area contributed by atoms with Gasteiger partial charge in [-0.3, -0.25) is 0 Å². The molecule has 0 spiro atoms. The minimum absolute atomic E-state index is 0.314. The van der Waals surface area contributed by atoms with Gasteiger partial charge in [0.05, 0.1) is 0 Å². The van der Waals surface area contributed by atoms with Gasteiger partial charge in [0, 0.05) is 0 Å². The van der Waals surface area contributed by atoms with Crippen LogP contribution in [0.2, 0.25) is 0 Å². The molecule has 2 N–H and O–H groups in total. The lowest BCUT2D eigenvalue weighted by molar-refractivity contribution is 0.502. The molecule has 0 aliphatic rings. The molecule has 0 aliphatic carbocycles. The van der Waals surface area contributed by atoms with Gasteiger partial charge in [-0.2, -0.15) is 0 Å². The highest BCUT2D eigenvalue weighted by atomic mass is 32.9. The summed E-state index contributed by atoms with van der Waals surface area (Å²) in [6, 6.07) is 0. The van der Waals surface area contributed by atoms with E-state index in [9.17, 15) is 9.79 Å². The molecular formula is C11H27O2PS2. The third kappa shape index (κ3) is 8.19. The predicted octanol–water partition coefficient (Wildman–Crippen LogP) is 3.97. The summed E-state index contributed by atoms with van der Waals surface area (Å²) in [6.07, 6.45) is 7.50. The largest absolute Gasteiger partial charge is 0.341 e. The van der Waals surface area contributed by atoms with Crippen LogP contribution in [0.1, 0.15) is 59.3 Å². The monoisotopic (exact) mass is 286 g/mol. The van der Waals surface area contributed by atoms with E-state index in [1.54, 1.807) is 0 Å². The SMILES string of the molecule is CCCCCCCCS(C(C)C)=P(O)(O)S. The molecule has 0 aromatic heterocycles. The minimum atomic E-state index is -2.92. The number of thiol groups is 1. The summed E-state index contributed by atoms with van der Waals surface area (Å²) in [7, 11) is -0.314. The maximum Gasteiger partial charge on any atom is 0.199 e. The quantitative estimate of drug-likeness (QED) is 0.359. The van der Waals surface area contributed by atoms with E-state index in [0.717, 1.165) is 12.2 Å². The van der Waals surface area contributed by atoms with Crippen LogP contribution in [0.3, 0.4) is 0 Å². The molecule has 2 nitrogen and oxygen atoms in total. The summed E-state index contributed by atoms with van der Waals surface area (Å²) in [5.74, 6) is 0.925. The number of unbranched alkanes of at least 4 members (excludes halogenated alkanes) is 5. The van der Waals surface area contributed by atoms with E-state index in [1.807, 2.05) is 0 Å². The van der Waals surface area contributed by atoms with Gasteiger partial charge in [0.2, 0.25) is 0 Å². The Morgan fingerprint density at radius 3 is 2.00 bits per heavy atom. The van der Waals surface area contributed by atoms with Gasteiger partial charge in [0.25, 0.3) is 0 Å². The van der Waals surface area contributed by atoms with Gasteiger partial charge in [-0.05, 0) is 17.4 Å². The van der Waals surface area contributed by atoms with Crippen LogP contribution < -0.4 is 0 Å². The van der Waals surface area contributed by atoms with Crippen LogP contribution in [0, 0.1) is 0 Å². The van der Waals surface area contributed by atoms with E-state index in [1.165, 1.54) is 32.1 Å². The first-order chi connectivity index (χ1) is 7.39. The highest BCUT2D eigenvalue weighted by Gasteiger charge is 2.13. The Labute approximate surface area is 108 Å². The zero-order valence-corrected chi connectivity index (χ0v) is 13.3. The Bertz CT molecular complexity index is 228. The van der Waals surface area contributed by atoms with Gasteiger partial charge >= 0.3 is 0 Å². The molecule has 0 saturated heterocycles. The van der Waals surface area contributed by atoms with Crippen molar-refractivity contribution in [2.75, 3.05) is 5.75 Å². The van der Waals surface area contributed by atoms with E-state index in [-0.39, 0.29) is 10.1 Å². The van der Waals surface area contributed by atoms with Gasteiger partial charge < -0.3 is 9.79 Å². The molecular weight excluding hydrogens is 259 g/mol. The van der Waals surface area contributed by atoms with Gasteiger partial charge in [-0.1, -0.05) is 65.1 Å². The molecule has 1 atom stereocenters. The van der Waals surface area contributed by atoms with Gasteiger partial charge in [-0.15, -0.1) is 10.1 Å². The smallest absolute Gasteiger partial charge is 0.199 e. The summed E-state index contributed by atoms with van der Waals surface area (Å²) in [5.41, 5.74) is -2.92. The van der Waals surface area contributed by atoms with Crippen molar-refractivity contribution in [1.82, 2.24) is 0 Å². The first-order valence-corrected chi connectivity index (χ1v) is 11.1. The Morgan fingerprint density at radius 2 is 1.56 bits per heavy atom. The van der Waals surface area contributed by atoms with Crippen LogP contribution in [0.4, 0.5) is 0 Å². The highest BCUT2D eigenvalue weighted by molar-refractivity contribution is 8.65. The Morgan fingerprint density at radius 1 is 1.06 bits per heavy atom. The number of rotatable bonds is 8. The van der Waals surface area contributed by atoms with Crippen LogP contribution >= 0.6 is 17.9 Å². The lowest BCUT2D eigenvalue weighted by Crippen LogP contribution is -2.10. The van der Waals surface area contributed by atoms with E-state index < -0.39 is 5.69 Å². The molecule has 0 rings (SSSR count). The Kier molecular flexibility index (Phi) is 9.64. The summed E-state index contributed by atoms with van der Waals surface area (Å²) in [6.45, 7) is 6.32. The molecule has 0 fully saturated rings. The van der Waals surface area contributed by atoms with Crippen molar-refractivity contribution in [2.45, 2.75) is 64.5 Å². The average molecular weight is 286 g/mol. The zero-order valence-electron chi connectivity index (χ0n) is 10.7. The first-order valence-electron chi connectivity index (χ1n) is 6.17. The van der Waals surface area contributed by atoms with Crippen LogP contribution in [0.5, 0.6) is 0 Å². The lowest BCUT2D eigenvalue weighted by atomic mass is 10.1. The molecule has 100 valence electrons. The van der Waals surface area contributed by atoms with Crippen molar-refractivity contribution in [3.8, 4) is 0 Å². The topological polar surface area (TPSA) is 40.5 Å². The second-order valence-electron chi connectivity index (χ2n) is 4.44.